The highest BCUT2D eigenvalue weighted by Crippen LogP contribution is 2.30. The lowest BCUT2D eigenvalue weighted by atomic mass is 10.1. The fourth-order valence-corrected chi connectivity index (χ4v) is 3.85. The second-order valence-corrected chi connectivity index (χ2v) is 7.68. The summed E-state index contributed by atoms with van der Waals surface area (Å²) in [6.07, 6.45) is 6.18. The van der Waals surface area contributed by atoms with Crippen molar-refractivity contribution >= 4 is 17.4 Å². The number of halogens is 1. The number of benzene rings is 1. The molecule has 1 aromatic carbocycles. The third-order valence-corrected chi connectivity index (χ3v) is 5.52. The number of carbonyl (C=O) groups excluding carboxylic acids is 1. The lowest BCUT2D eigenvalue weighted by molar-refractivity contribution is 0.102. The molecule has 4 heterocycles. The number of nitrogens with one attached hydrogen (secondary N) is 1. The van der Waals surface area contributed by atoms with Crippen molar-refractivity contribution in [3.63, 3.8) is 0 Å². The highest BCUT2D eigenvalue weighted by atomic mass is 19.1. The molecule has 33 heavy (non-hydrogen) atoms. The van der Waals surface area contributed by atoms with E-state index in [1.807, 2.05) is 27.7 Å². The average Bonchev–Trinajstić information content (AvgIpc) is 3.30. The van der Waals surface area contributed by atoms with Crippen LogP contribution in [-0.4, -0.2) is 58.6 Å². The Bertz CT molecular complexity index is 1190. The van der Waals surface area contributed by atoms with E-state index in [1.165, 1.54) is 12.1 Å². The number of amides is 1. The molecule has 3 aromatic rings. The number of hydrogen-bond donors (Lipinski definition) is 1. The van der Waals surface area contributed by atoms with Crippen molar-refractivity contribution in [3.8, 4) is 17.3 Å². The van der Waals surface area contributed by atoms with Crippen molar-refractivity contribution < 1.29 is 18.7 Å². The Hall–Kier alpha value is -3.79. The van der Waals surface area contributed by atoms with Gasteiger partial charge in [0.05, 0.1) is 24.5 Å². The molecular formula is C23H23FN6O3. The van der Waals surface area contributed by atoms with Gasteiger partial charge in [-0.25, -0.2) is 9.37 Å². The minimum Gasteiger partial charge on any atom is -0.489 e. The van der Waals surface area contributed by atoms with Gasteiger partial charge < -0.3 is 24.3 Å². The fraction of sp³-hybridized carbons (Fsp3) is 0.304. The van der Waals surface area contributed by atoms with Crippen LogP contribution in [0.1, 0.15) is 16.8 Å². The van der Waals surface area contributed by atoms with Crippen molar-refractivity contribution in [2.75, 3.05) is 43.1 Å². The predicted molar refractivity (Wildman–Crippen MR) is 120 cm³/mol. The van der Waals surface area contributed by atoms with Gasteiger partial charge in [-0.15, -0.1) is 10.2 Å². The number of carbonyl (C=O) groups is 1. The van der Waals surface area contributed by atoms with E-state index in [9.17, 15) is 9.18 Å². The van der Waals surface area contributed by atoms with Gasteiger partial charge in [-0.2, -0.15) is 0 Å². The minimum absolute atomic E-state index is 0.176. The molecule has 2 bridgehead atoms. The van der Waals surface area contributed by atoms with Crippen LogP contribution < -0.4 is 15.0 Å². The van der Waals surface area contributed by atoms with Crippen molar-refractivity contribution in [1.29, 1.82) is 0 Å². The number of fused-ring (bicyclic) bond motifs is 5. The van der Waals surface area contributed by atoms with Crippen LogP contribution in [0.15, 0.2) is 48.8 Å². The highest BCUT2D eigenvalue weighted by molar-refractivity contribution is 6.06. The molecule has 2 aromatic heterocycles. The first-order chi connectivity index (χ1) is 16.2. The highest BCUT2D eigenvalue weighted by Gasteiger charge is 2.22. The fourth-order valence-electron chi connectivity index (χ4n) is 3.85. The first-order valence-corrected chi connectivity index (χ1v) is 10.8. The third-order valence-electron chi connectivity index (χ3n) is 5.52. The predicted octanol–water partition coefficient (Wildman–Crippen LogP) is 2.91. The quantitative estimate of drug-likeness (QED) is 0.570. The van der Waals surface area contributed by atoms with Crippen molar-refractivity contribution in [1.82, 2.24) is 19.7 Å². The summed E-state index contributed by atoms with van der Waals surface area (Å²) in [6.45, 7) is 2.97. The van der Waals surface area contributed by atoms with E-state index in [-0.39, 0.29) is 17.9 Å². The van der Waals surface area contributed by atoms with Crippen LogP contribution in [-0.2, 0) is 11.3 Å². The summed E-state index contributed by atoms with van der Waals surface area (Å²) in [5.41, 5.74) is 1.17. The molecule has 2 aliphatic heterocycles. The molecule has 0 aliphatic carbocycles. The lowest BCUT2D eigenvalue weighted by Crippen LogP contribution is -2.37. The second kappa shape index (κ2) is 9.37. The van der Waals surface area contributed by atoms with E-state index in [4.69, 9.17) is 9.47 Å². The van der Waals surface area contributed by atoms with Gasteiger partial charge in [0.2, 0.25) is 0 Å². The van der Waals surface area contributed by atoms with Crippen molar-refractivity contribution in [2.45, 2.75) is 13.0 Å². The molecule has 0 atom stereocenters. The maximum absolute atomic E-state index is 15.0. The molecule has 0 radical (unpaired) electrons. The van der Waals surface area contributed by atoms with Crippen LogP contribution in [0.5, 0.6) is 5.75 Å². The van der Waals surface area contributed by atoms with Gasteiger partial charge in [0.25, 0.3) is 5.91 Å². The normalized spacial score (nSPS) is 17.6. The van der Waals surface area contributed by atoms with Gasteiger partial charge in [0.1, 0.15) is 36.0 Å². The smallest absolute Gasteiger partial charge is 0.260 e. The number of rotatable bonds is 1. The van der Waals surface area contributed by atoms with Crippen LogP contribution in [0.3, 0.4) is 0 Å². The van der Waals surface area contributed by atoms with Gasteiger partial charge in [-0.1, -0.05) is 18.2 Å². The number of allylic oxidation sites excluding steroid dienone is 1. The topological polar surface area (TPSA) is 94.4 Å². The van der Waals surface area contributed by atoms with E-state index in [2.05, 4.69) is 20.5 Å². The Morgan fingerprint density at radius 2 is 1.97 bits per heavy atom. The molecule has 5 rings (SSSR count). The molecule has 9 nitrogen and oxygen atoms in total. The zero-order valence-corrected chi connectivity index (χ0v) is 17.9. The van der Waals surface area contributed by atoms with Gasteiger partial charge in [-0.05, 0) is 24.6 Å². The number of nitrogens with zero attached hydrogens (tertiary/aromatic N) is 5. The van der Waals surface area contributed by atoms with E-state index < -0.39 is 11.7 Å². The van der Waals surface area contributed by atoms with E-state index >= 15 is 0 Å². The number of aryl methyl sites for hydroxylation is 1. The zero-order chi connectivity index (χ0) is 22.6. The summed E-state index contributed by atoms with van der Waals surface area (Å²) in [4.78, 5) is 19.6. The summed E-state index contributed by atoms with van der Waals surface area (Å²) in [5, 5.41) is 11.0. The second-order valence-electron chi connectivity index (χ2n) is 7.68. The molecule has 10 heteroatoms. The van der Waals surface area contributed by atoms with Crippen LogP contribution in [0.2, 0.25) is 0 Å². The Balaban J connectivity index is 1.53. The zero-order valence-electron chi connectivity index (χ0n) is 17.9. The van der Waals surface area contributed by atoms with Crippen molar-refractivity contribution in [2.24, 2.45) is 0 Å². The summed E-state index contributed by atoms with van der Waals surface area (Å²) in [5.74, 6) is 0.258. The van der Waals surface area contributed by atoms with Gasteiger partial charge >= 0.3 is 0 Å². The molecule has 0 spiro atoms. The molecule has 1 saturated heterocycles. The molecule has 0 unspecified atom stereocenters. The number of ether oxygens (including phenoxy) is 2. The number of aromatic nitrogens is 4. The third kappa shape index (κ3) is 4.56. The molecule has 1 amide bonds. The Kier molecular flexibility index (Phi) is 5.99. The van der Waals surface area contributed by atoms with E-state index in [0.29, 0.717) is 55.9 Å². The van der Waals surface area contributed by atoms with Crippen LogP contribution >= 0.6 is 0 Å². The Morgan fingerprint density at radius 1 is 1.09 bits per heavy atom. The largest absolute Gasteiger partial charge is 0.489 e. The number of hydrogen-bond acceptors (Lipinski definition) is 7. The van der Waals surface area contributed by atoms with E-state index in [1.54, 1.807) is 18.5 Å². The van der Waals surface area contributed by atoms with E-state index in [0.717, 1.165) is 6.42 Å². The average molecular weight is 450 g/mol. The first kappa shape index (κ1) is 21.1. The molecule has 2 aliphatic rings. The van der Waals surface area contributed by atoms with Gasteiger partial charge in [0.15, 0.2) is 5.82 Å². The molecular weight excluding hydrogens is 427 g/mol. The maximum atomic E-state index is 15.0. The SMILES string of the molecule is O=C1Nc2cccc(n2)-c2nncn2CC/C=C\COc2cc(F)c(N3CCOCC3)cc21. The lowest BCUT2D eigenvalue weighted by Gasteiger charge is -2.29. The first-order valence-electron chi connectivity index (χ1n) is 10.8. The summed E-state index contributed by atoms with van der Waals surface area (Å²) in [7, 11) is 0. The van der Waals surface area contributed by atoms with Crippen LogP contribution in [0, 0.1) is 5.82 Å². The Labute approximate surface area is 189 Å². The van der Waals surface area contributed by atoms with Gasteiger partial charge in [0, 0.05) is 25.7 Å². The summed E-state index contributed by atoms with van der Waals surface area (Å²) in [6, 6.07) is 8.10. The van der Waals surface area contributed by atoms with Gasteiger partial charge in [-0.3, -0.25) is 4.79 Å². The minimum atomic E-state index is -0.441. The molecule has 1 fully saturated rings. The van der Waals surface area contributed by atoms with Crippen LogP contribution in [0.4, 0.5) is 15.9 Å². The number of morpholine rings is 1. The van der Waals surface area contributed by atoms with Crippen molar-refractivity contribution in [3.05, 3.63) is 60.2 Å². The molecule has 170 valence electrons. The Morgan fingerprint density at radius 3 is 2.85 bits per heavy atom. The summed E-state index contributed by atoms with van der Waals surface area (Å²) < 4.78 is 28.0. The standard InChI is InChI=1S/C23H23FN6O3/c24-17-14-20-16(13-19(17)29-8-11-32-12-9-29)23(31)27-21-6-4-5-18(26-21)22-28-25-15-30(22)7-2-1-3-10-33-20/h1,3-6,13-15H,2,7-12H2,(H,26,27,31)/b3-1-. The summed E-state index contributed by atoms with van der Waals surface area (Å²) >= 11 is 0. The number of anilines is 2. The molecule has 0 saturated carbocycles. The van der Waals surface area contributed by atoms with Crippen LogP contribution in [0.25, 0.3) is 11.5 Å². The molecule has 1 N–H and O–H groups in total. The maximum Gasteiger partial charge on any atom is 0.260 e. The monoisotopic (exact) mass is 450 g/mol. The number of pyridine rings is 1.